The molecule has 0 aliphatic carbocycles. The molecule has 2 rings (SSSR count). The van der Waals surface area contributed by atoms with Gasteiger partial charge in [-0.2, -0.15) is 0 Å². The van der Waals surface area contributed by atoms with Crippen molar-refractivity contribution in [1.82, 2.24) is 15.4 Å². The topological polar surface area (TPSA) is 51.8 Å². The summed E-state index contributed by atoms with van der Waals surface area (Å²) in [7, 11) is 0. The summed E-state index contributed by atoms with van der Waals surface area (Å²) in [5.41, 5.74) is 2.43. The van der Waals surface area contributed by atoms with E-state index in [4.69, 9.17) is 4.52 Å². The lowest BCUT2D eigenvalue weighted by atomic mass is 9.91. The van der Waals surface area contributed by atoms with Crippen molar-refractivity contribution in [3.8, 4) is 0 Å². The minimum absolute atomic E-state index is 0.0349. The molecule has 0 N–H and O–H groups in total. The Kier molecular flexibility index (Phi) is 1.58. The highest BCUT2D eigenvalue weighted by Crippen LogP contribution is 2.22. The molecule has 0 saturated heterocycles. The maximum absolute atomic E-state index is 4.86. The molecular formula is C9H11N3O. The Labute approximate surface area is 75.9 Å². The Bertz CT molecular complexity index is 428. The molecule has 2 aromatic rings. The first-order valence-corrected chi connectivity index (χ1v) is 4.16. The molecule has 0 aromatic carbocycles. The van der Waals surface area contributed by atoms with Crippen LogP contribution in [0.4, 0.5) is 0 Å². The van der Waals surface area contributed by atoms with Crippen molar-refractivity contribution in [1.29, 1.82) is 0 Å². The van der Waals surface area contributed by atoms with Gasteiger partial charge in [-0.3, -0.25) is 4.98 Å². The van der Waals surface area contributed by atoms with E-state index in [1.807, 2.05) is 6.07 Å². The number of aromatic nitrogens is 3. The SMILES string of the molecule is CC(C)(C)c1cc2nnoc2cn1. The summed E-state index contributed by atoms with van der Waals surface area (Å²) >= 11 is 0. The van der Waals surface area contributed by atoms with Crippen molar-refractivity contribution in [3.63, 3.8) is 0 Å². The van der Waals surface area contributed by atoms with Gasteiger partial charge in [0.1, 0.15) is 5.52 Å². The van der Waals surface area contributed by atoms with Crippen LogP contribution in [0.15, 0.2) is 16.8 Å². The zero-order chi connectivity index (χ0) is 9.47. The van der Waals surface area contributed by atoms with Crippen LogP contribution in [0.2, 0.25) is 0 Å². The molecule has 0 aliphatic rings. The lowest BCUT2D eigenvalue weighted by Crippen LogP contribution is -2.12. The highest BCUT2D eigenvalue weighted by molar-refractivity contribution is 5.70. The molecular weight excluding hydrogens is 166 g/mol. The van der Waals surface area contributed by atoms with Gasteiger partial charge in [-0.25, -0.2) is 0 Å². The molecule has 0 fully saturated rings. The van der Waals surface area contributed by atoms with Gasteiger partial charge >= 0.3 is 0 Å². The van der Waals surface area contributed by atoms with Crippen molar-refractivity contribution >= 4 is 11.1 Å². The van der Waals surface area contributed by atoms with Crippen LogP contribution in [-0.2, 0) is 5.41 Å². The summed E-state index contributed by atoms with van der Waals surface area (Å²) in [4.78, 5) is 4.28. The average Bonchev–Trinajstić information content (AvgIpc) is 2.47. The van der Waals surface area contributed by atoms with Crippen LogP contribution < -0.4 is 0 Å². The smallest absolute Gasteiger partial charge is 0.205 e. The molecule has 2 aromatic heterocycles. The lowest BCUT2D eigenvalue weighted by molar-refractivity contribution is 0.423. The number of hydrogen-bond donors (Lipinski definition) is 0. The maximum atomic E-state index is 4.86. The van der Waals surface area contributed by atoms with Crippen molar-refractivity contribution in [2.45, 2.75) is 26.2 Å². The van der Waals surface area contributed by atoms with Crippen molar-refractivity contribution in [3.05, 3.63) is 18.0 Å². The van der Waals surface area contributed by atoms with E-state index >= 15 is 0 Å². The van der Waals surface area contributed by atoms with Gasteiger partial charge in [-0.1, -0.05) is 20.8 Å². The maximum Gasteiger partial charge on any atom is 0.205 e. The number of rotatable bonds is 0. The highest BCUT2D eigenvalue weighted by atomic mass is 16.5. The van der Waals surface area contributed by atoms with Crippen LogP contribution in [0.3, 0.4) is 0 Å². The average molecular weight is 177 g/mol. The third-order valence-corrected chi connectivity index (χ3v) is 1.90. The fourth-order valence-electron chi connectivity index (χ4n) is 1.10. The fourth-order valence-corrected chi connectivity index (χ4v) is 1.10. The van der Waals surface area contributed by atoms with Gasteiger partial charge < -0.3 is 4.52 Å². The van der Waals surface area contributed by atoms with Gasteiger partial charge in [-0.05, 0) is 6.07 Å². The van der Waals surface area contributed by atoms with E-state index in [0.29, 0.717) is 5.58 Å². The van der Waals surface area contributed by atoms with Crippen LogP contribution in [0.25, 0.3) is 11.1 Å². The van der Waals surface area contributed by atoms with Crippen LogP contribution >= 0.6 is 0 Å². The summed E-state index contributed by atoms with van der Waals surface area (Å²) in [6, 6.07) is 1.91. The molecule has 0 unspecified atom stereocenters. The summed E-state index contributed by atoms with van der Waals surface area (Å²) < 4.78 is 4.86. The Morgan fingerprint density at radius 2 is 2.08 bits per heavy atom. The lowest BCUT2D eigenvalue weighted by Gasteiger charge is -2.16. The summed E-state index contributed by atoms with van der Waals surface area (Å²) in [5.74, 6) is 0. The van der Waals surface area contributed by atoms with Gasteiger partial charge in [0, 0.05) is 16.4 Å². The Balaban J connectivity index is 2.61. The predicted octanol–water partition coefficient (Wildman–Crippen LogP) is 1.92. The molecule has 0 amide bonds. The molecule has 4 nitrogen and oxygen atoms in total. The predicted molar refractivity (Wildman–Crippen MR) is 48.3 cm³/mol. The van der Waals surface area contributed by atoms with Crippen molar-refractivity contribution in [2.24, 2.45) is 0 Å². The molecule has 0 spiro atoms. The van der Waals surface area contributed by atoms with Crippen molar-refractivity contribution < 1.29 is 4.52 Å². The zero-order valence-electron chi connectivity index (χ0n) is 7.90. The van der Waals surface area contributed by atoms with Gasteiger partial charge in [0.05, 0.1) is 6.20 Å². The molecule has 0 saturated carbocycles. The second kappa shape index (κ2) is 2.52. The first-order chi connectivity index (χ1) is 6.07. The Morgan fingerprint density at radius 1 is 1.31 bits per heavy atom. The molecule has 0 bridgehead atoms. The van der Waals surface area contributed by atoms with Gasteiger partial charge in [0.15, 0.2) is 0 Å². The Morgan fingerprint density at radius 3 is 2.77 bits per heavy atom. The molecule has 0 radical (unpaired) electrons. The van der Waals surface area contributed by atoms with Crippen molar-refractivity contribution in [2.75, 3.05) is 0 Å². The van der Waals surface area contributed by atoms with Crippen LogP contribution in [0.1, 0.15) is 26.5 Å². The van der Waals surface area contributed by atoms with E-state index in [0.717, 1.165) is 11.2 Å². The molecule has 0 atom stereocenters. The first kappa shape index (κ1) is 8.16. The molecule has 0 aliphatic heterocycles. The van der Waals surface area contributed by atoms with Gasteiger partial charge in [0.2, 0.25) is 5.58 Å². The van der Waals surface area contributed by atoms with Crippen LogP contribution in [0, 0.1) is 0 Å². The molecule has 13 heavy (non-hydrogen) atoms. The van der Waals surface area contributed by atoms with E-state index in [1.54, 1.807) is 6.20 Å². The van der Waals surface area contributed by atoms with E-state index in [1.165, 1.54) is 0 Å². The third-order valence-electron chi connectivity index (χ3n) is 1.90. The number of pyridine rings is 1. The highest BCUT2D eigenvalue weighted by Gasteiger charge is 2.16. The van der Waals surface area contributed by atoms with E-state index in [2.05, 4.69) is 36.1 Å². The minimum atomic E-state index is 0.0349. The zero-order valence-corrected chi connectivity index (χ0v) is 7.90. The van der Waals surface area contributed by atoms with E-state index in [9.17, 15) is 0 Å². The first-order valence-electron chi connectivity index (χ1n) is 4.16. The summed E-state index contributed by atoms with van der Waals surface area (Å²) in [6.45, 7) is 6.32. The second-order valence-corrected chi connectivity index (χ2v) is 4.06. The molecule has 68 valence electrons. The number of fused-ring (bicyclic) bond motifs is 1. The quantitative estimate of drug-likeness (QED) is 0.616. The van der Waals surface area contributed by atoms with Gasteiger partial charge in [0.25, 0.3) is 0 Å². The second-order valence-electron chi connectivity index (χ2n) is 4.06. The number of hydrogen-bond acceptors (Lipinski definition) is 4. The Hall–Kier alpha value is -1.45. The minimum Gasteiger partial charge on any atom is -0.335 e. The van der Waals surface area contributed by atoms with E-state index in [-0.39, 0.29) is 5.41 Å². The van der Waals surface area contributed by atoms with E-state index < -0.39 is 0 Å². The number of nitrogens with zero attached hydrogens (tertiary/aromatic N) is 3. The monoisotopic (exact) mass is 177 g/mol. The molecule has 2 heterocycles. The van der Waals surface area contributed by atoms with Gasteiger partial charge in [-0.15, -0.1) is 5.10 Å². The fraction of sp³-hybridized carbons (Fsp3) is 0.444. The standard InChI is InChI=1S/C9H11N3O/c1-9(2,3)8-4-6-7(5-10-8)13-12-11-6/h4-5H,1-3H3. The normalized spacial score (nSPS) is 12.2. The summed E-state index contributed by atoms with van der Waals surface area (Å²) in [5, 5.41) is 7.30. The largest absolute Gasteiger partial charge is 0.335 e. The summed E-state index contributed by atoms with van der Waals surface area (Å²) in [6.07, 6.45) is 1.66. The van der Waals surface area contributed by atoms with Crippen LogP contribution in [0.5, 0.6) is 0 Å². The van der Waals surface area contributed by atoms with Crippen LogP contribution in [-0.4, -0.2) is 15.4 Å². The third kappa shape index (κ3) is 1.39. The molecule has 4 heteroatoms.